The van der Waals surface area contributed by atoms with E-state index in [0.29, 0.717) is 42.0 Å². The second-order valence-corrected chi connectivity index (χ2v) is 12.1. The summed E-state index contributed by atoms with van der Waals surface area (Å²) in [7, 11) is 0. The number of pyridine rings is 1. The second kappa shape index (κ2) is 9.73. The Bertz CT molecular complexity index is 1710. The van der Waals surface area contributed by atoms with Gasteiger partial charge < -0.3 is 19.0 Å². The Labute approximate surface area is 236 Å². The number of carbonyl (C=O) groups excluding carboxylic acids is 1. The zero-order chi connectivity index (χ0) is 29.1. The SMILES string of the molecule is CCOc1c(N2CCN(C(=O)c3cc4nc(-c5ccc(Cl)c(F)c5)cc(C(C)(C)C)c4o3)C(C)(C)C2)c(=O)c1=O. The van der Waals surface area contributed by atoms with Crippen LogP contribution in [0.3, 0.4) is 0 Å². The molecule has 5 rings (SSSR count). The predicted molar refractivity (Wildman–Crippen MR) is 153 cm³/mol. The topological polar surface area (TPSA) is 92.9 Å². The standard InChI is InChI=1S/C30H31ClFN3O5/c1-7-39-27-23(24(36)25(27)37)34-10-11-35(30(5,6)15-34)28(38)22-14-21-26(40-22)17(29(2,3)4)13-20(33-21)16-8-9-18(31)19(32)12-16/h8-9,12-14H,7,10-11,15H2,1-6H3. The Morgan fingerprint density at radius 1 is 1.15 bits per heavy atom. The summed E-state index contributed by atoms with van der Waals surface area (Å²) in [6, 6.07) is 8.00. The van der Waals surface area contributed by atoms with Crippen molar-refractivity contribution in [2.24, 2.45) is 0 Å². The summed E-state index contributed by atoms with van der Waals surface area (Å²) in [5.41, 5.74) is 0.970. The highest BCUT2D eigenvalue weighted by Gasteiger charge is 2.41. The Balaban J connectivity index is 1.49. The largest absolute Gasteiger partial charge is 0.488 e. The molecular formula is C30H31ClFN3O5. The van der Waals surface area contributed by atoms with E-state index in [1.807, 2.05) is 45.6 Å². The molecule has 4 aromatic rings. The molecule has 3 heterocycles. The molecule has 40 heavy (non-hydrogen) atoms. The molecule has 1 aliphatic heterocycles. The van der Waals surface area contributed by atoms with Crippen molar-refractivity contribution in [2.75, 3.05) is 31.1 Å². The first kappa shape index (κ1) is 27.8. The third kappa shape index (κ3) is 4.66. The minimum absolute atomic E-state index is 0.0263. The van der Waals surface area contributed by atoms with E-state index in [0.717, 1.165) is 5.56 Å². The minimum Gasteiger partial charge on any atom is -0.488 e. The molecule has 1 fully saturated rings. The number of piperazine rings is 1. The highest BCUT2D eigenvalue weighted by molar-refractivity contribution is 6.30. The lowest BCUT2D eigenvalue weighted by atomic mass is 9.86. The summed E-state index contributed by atoms with van der Waals surface area (Å²) in [5, 5.41) is 0.0263. The number of furan rings is 1. The zero-order valence-electron chi connectivity index (χ0n) is 23.4. The van der Waals surface area contributed by atoms with E-state index in [-0.39, 0.29) is 40.1 Å². The number of hydrogen-bond donors (Lipinski definition) is 0. The van der Waals surface area contributed by atoms with E-state index in [1.54, 1.807) is 24.0 Å². The van der Waals surface area contributed by atoms with Crippen LogP contribution in [0.25, 0.3) is 22.4 Å². The van der Waals surface area contributed by atoms with Gasteiger partial charge in [0.2, 0.25) is 0 Å². The normalized spacial score (nSPS) is 15.7. The molecule has 0 spiro atoms. The fourth-order valence-electron chi connectivity index (χ4n) is 5.27. The number of rotatable bonds is 5. The van der Waals surface area contributed by atoms with Crippen molar-refractivity contribution in [3.63, 3.8) is 0 Å². The van der Waals surface area contributed by atoms with Crippen LogP contribution in [0.2, 0.25) is 5.02 Å². The Kier molecular flexibility index (Phi) is 6.77. The third-order valence-corrected chi connectivity index (χ3v) is 7.61. The van der Waals surface area contributed by atoms with Crippen LogP contribution < -0.4 is 20.5 Å². The number of benzene rings is 1. The molecule has 210 valence electrons. The van der Waals surface area contributed by atoms with Crippen molar-refractivity contribution in [3.05, 3.63) is 72.9 Å². The molecule has 1 amide bonds. The van der Waals surface area contributed by atoms with Crippen LogP contribution in [-0.2, 0) is 5.41 Å². The van der Waals surface area contributed by atoms with Gasteiger partial charge in [-0.05, 0) is 44.4 Å². The molecule has 10 heteroatoms. The molecular weight excluding hydrogens is 537 g/mol. The zero-order valence-corrected chi connectivity index (χ0v) is 24.1. The molecule has 0 saturated carbocycles. The molecule has 0 radical (unpaired) electrons. The van der Waals surface area contributed by atoms with Gasteiger partial charge in [-0.15, -0.1) is 0 Å². The first-order valence-electron chi connectivity index (χ1n) is 13.2. The van der Waals surface area contributed by atoms with Crippen LogP contribution >= 0.6 is 11.6 Å². The molecule has 0 aliphatic carbocycles. The smallest absolute Gasteiger partial charge is 0.290 e. The number of halogens is 2. The number of hydrogen-bond acceptors (Lipinski definition) is 7. The van der Waals surface area contributed by atoms with Crippen molar-refractivity contribution in [1.29, 1.82) is 0 Å². The van der Waals surface area contributed by atoms with E-state index in [9.17, 15) is 18.8 Å². The average Bonchev–Trinajstić information content (AvgIpc) is 3.32. The third-order valence-electron chi connectivity index (χ3n) is 7.31. The lowest BCUT2D eigenvalue weighted by Gasteiger charge is -2.47. The average molecular weight is 568 g/mol. The first-order valence-corrected chi connectivity index (χ1v) is 13.5. The number of nitrogens with zero attached hydrogens (tertiary/aromatic N) is 3. The Hall–Kier alpha value is -3.72. The van der Waals surface area contributed by atoms with Gasteiger partial charge in [-0.1, -0.05) is 38.4 Å². The van der Waals surface area contributed by atoms with E-state index >= 15 is 0 Å². The maximum Gasteiger partial charge on any atom is 0.290 e. The molecule has 0 unspecified atom stereocenters. The molecule has 1 aliphatic rings. The number of carbonyl (C=O) groups is 1. The van der Waals surface area contributed by atoms with Crippen LogP contribution in [0.4, 0.5) is 10.1 Å². The van der Waals surface area contributed by atoms with Crippen molar-refractivity contribution in [3.8, 4) is 17.0 Å². The summed E-state index contributed by atoms with van der Waals surface area (Å²) < 4.78 is 25.8. The Morgan fingerprint density at radius 2 is 1.88 bits per heavy atom. The quantitative estimate of drug-likeness (QED) is 0.301. The summed E-state index contributed by atoms with van der Waals surface area (Å²) in [4.78, 5) is 46.3. The predicted octanol–water partition coefficient (Wildman–Crippen LogP) is 5.32. The van der Waals surface area contributed by atoms with Gasteiger partial charge in [0.05, 0.1) is 22.9 Å². The van der Waals surface area contributed by atoms with Gasteiger partial charge in [0, 0.05) is 36.8 Å². The van der Waals surface area contributed by atoms with Crippen LogP contribution in [0.5, 0.6) is 5.75 Å². The monoisotopic (exact) mass is 567 g/mol. The van der Waals surface area contributed by atoms with Gasteiger partial charge in [-0.3, -0.25) is 14.4 Å². The first-order chi connectivity index (χ1) is 18.7. The van der Waals surface area contributed by atoms with E-state index in [1.165, 1.54) is 12.1 Å². The fourth-order valence-corrected chi connectivity index (χ4v) is 5.38. The molecule has 0 N–H and O–H groups in total. The van der Waals surface area contributed by atoms with Crippen LogP contribution in [0.1, 0.15) is 57.7 Å². The summed E-state index contributed by atoms with van der Waals surface area (Å²) >= 11 is 5.88. The minimum atomic E-state index is -0.691. The lowest BCUT2D eigenvalue weighted by molar-refractivity contribution is 0.0483. The van der Waals surface area contributed by atoms with Gasteiger partial charge in [-0.2, -0.15) is 0 Å². The number of amides is 1. The summed E-state index contributed by atoms with van der Waals surface area (Å²) in [6.07, 6.45) is 0. The molecule has 8 nitrogen and oxygen atoms in total. The van der Waals surface area contributed by atoms with E-state index in [2.05, 4.69) is 0 Å². The number of anilines is 1. The van der Waals surface area contributed by atoms with Gasteiger partial charge in [0.1, 0.15) is 17.0 Å². The number of ether oxygens (including phenoxy) is 1. The highest BCUT2D eigenvalue weighted by atomic mass is 35.5. The van der Waals surface area contributed by atoms with E-state index in [4.69, 9.17) is 25.7 Å². The van der Waals surface area contributed by atoms with Crippen molar-refractivity contribution < 1.29 is 18.3 Å². The maximum absolute atomic E-state index is 14.2. The highest BCUT2D eigenvalue weighted by Crippen LogP contribution is 2.36. The van der Waals surface area contributed by atoms with Gasteiger partial charge in [0.15, 0.2) is 17.1 Å². The molecule has 2 aromatic heterocycles. The van der Waals surface area contributed by atoms with Crippen molar-refractivity contribution in [1.82, 2.24) is 9.88 Å². The van der Waals surface area contributed by atoms with Crippen molar-refractivity contribution in [2.45, 2.75) is 52.5 Å². The fraction of sp³-hybridized carbons (Fsp3) is 0.400. The summed E-state index contributed by atoms with van der Waals surface area (Å²) in [6.45, 7) is 12.9. The number of aromatic nitrogens is 1. The van der Waals surface area contributed by atoms with Gasteiger partial charge in [0.25, 0.3) is 16.8 Å². The van der Waals surface area contributed by atoms with Crippen LogP contribution in [-0.4, -0.2) is 47.6 Å². The second-order valence-electron chi connectivity index (χ2n) is 11.7. The van der Waals surface area contributed by atoms with E-state index < -0.39 is 22.2 Å². The molecule has 2 aromatic carbocycles. The van der Waals surface area contributed by atoms with Crippen LogP contribution in [0.15, 0.2) is 44.3 Å². The van der Waals surface area contributed by atoms with Crippen molar-refractivity contribution >= 4 is 34.3 Å². The number of fused-ring (bicyclic) bond motifs is 1. The van der Waals surface area contributed by atoms with Crippen LogP contribution in [0, 0.1) is 5.82 Å². The summed E-state index contributed by atoms with van der Waals surface area (Å²) in [5.74, 6) is -0.618. The van der Waals surface area contributed by atoms with Gasteiger partial charge >= 0.3 is 0 Å². The molecule has 0 atom stereocenters. The molecule has 0 bridgehead atoms. The molecule has 1 saturated heterocycles. The Morgan fingerprint density at radius 3 is 2.50 bits per heavy atom. The maximum atomic E-state index is 14.2. The lowest BCUT2D eigenvalue weighted by Crippen LogP contribution is -2.62. The van der Waals surface area contributed by atoms with Gasteiger partial charge in [-0.25, -0.2) is 9.37 Å².